The number of morpholine rings is 2. The first-order chi connectivity index (χ1) is 11.2. The molecule has 6 nitrogen and oxygen atoms in total. The minimum atomic E-state index is 0.144. The molecule has 0 aliphatic carbocycles. The molecule has 4 saturated heterocycles. The van der Waals surface area contributed by atoms with Crippen LogP contribution in [0.25, 0.3) is 0 Å². The van der Waals surface area contributed by atoms with Gasteiger partial charge in [-0.2, -0.15) is 0 Å². The summed E-state index contributed by atoms with van der Waals surface area (Å²) < 4.78 is 11.7. The van der Waals surface area contributed by atoms with Crippen molar-refractivity contribution < 1.29 is 9.47 Å². The lowest BCUT2D eigenvalue weighted by atomic mass is 9.91. The van der Waals surface area contributed by atoms with Crippen LogP contribution in [-0.4, -0.2) is 88.7 Å². The molecule has 1 atom stereocenters. The molecule has 0 bridgehead atoms. The Hall–Kier alpha value is -0.240. The van der Waals surface area contributed by atoms with Crippen molar-refractivity contribution in [2.24, 2.45) is 0 Å². The van der Waals surface area contributed by atoms with Gasteiger partial charge in [-0.1, -0.05) is 0 Å². The van der Waals surface area contributed by atoms with Gasteiger partial charge >= 0.3 is 0 Å². The summed E-state index contributed by atoms with van der Waals surface area (Å²) in [6.07, 6.45) is 4.82. The van der Waals surface area contributed by atoms with E-state index < -0.39 is 0 Å². The van der Waals surface area contributed by atoms with Crippen LogP contribution in [0, 0.1) is 0 Å². The van der Waals surface area contributed by atoms with E-state index in [0.717, 1.165) is 65.6 Å². The Morgan fingerprint density at radius 1 is 0.783 bits per heavy atom. The van der Waals surface area contributed by atoms with E-state index in [4.69, 9.17) is 9.47 Å². The quantitative estimate of drug-likeness (QED) is 0.573. The number of hydrogen-bond donors (Lipinski definition) is 3. The van der Waals surface area contributed by atoms with Gasteiger partial charge in [0.2, 0.25) is 0 Å². The minimum Gasteiger partial charge on any atom is -0.372 e. The van der Waals surface area contributed by atoms with Crippen molar-refractivity contribution in [2.75, 3.05) is 72.6 Å². The smallest absolute Gasteiger partial charge is 0.0933 e. The van der Waals surface area contributed by atoms with Gasteiger partial charge in [-0.3, -0.25) is 0 Å². The molecule has 4 fully saturated rings. The Morgan fingerprint density at radius 3 is 2.17 bits per heavy atom. The maximum absolute atomic E-state index is 5.87. The summed E-state index contributed by atoms with van der Waals surface area (Å²) in [6, 6.07) is 0. The molecule has 4 aliphatic rings. The number of piperidine rings is 2. The molecule has 3 N–H and O–H groups in total. The standard InChI is InChI=1S/C9H18N2O.C8H16N2O/c1-11-5-6-12-9(8-11)3-2-4-10-7-9;1-3-9-4-2-8(1)7-10-5-6-11-8/h10H,2-8H2,1H3;9-10H,1-7H2. The average molecular weight is 326 g/mol. The summed E-state index contributed by atoms with van der Waals surface area (Å²) >= 11 is 0. The molecular weight excluding hydrogens is 292 g/mol. The maximum atomic E-state index is 5.87. The molecule has 4 aliphatic heterocycles. The van der Waals surface area contributed by atoms with Crippen LogP contribution in [0.2, 0.25) is 0 Å². The predicted octanol–water partition coefficient (Wildman–Crippen LogP) is -0.201. The van der Waals surface area contributed by atoms with Crippen LogP contribution >= 0.6 is 0 Å². The molecular formula is C17H34N4O2. The van der Waals surface area contributed by atoms with Gasteiger partial charge in [-0.15, -0.1) is 0 Å². The zero-order chi connectivity index (χ0) is 16.0. The Kier molecular flexibility index (Phi) is 6.29. The molecule has 0 aromatic carbocycles. The normalized spacial score (nSPS) is 34.8. The van der Waals surface area contributed by atoms with E-state index in [1.165, 1.54) is 25.7 Å². The Labute approximate surface area is 140 Å². The van der Waals surface area contributed by atoms with Crippen molar-refractivity contribution in [3.63, 3.8) is 0 Å². The fraction of sp³-hybridized carbons (Fsp3) is 1.00. The second kappa shape index (κ2) is 8.23. The van der Waals surface area contributed by atoms with Crippen LogP contribution in [0.3, 0.4) is 0 Å². The SMILES string of the molecule is C1CC2(CCN1)CNCCO2.CN1CCOC2(CCCNC2)C1. The van der Waals surface area contributed by atoms with Crippen LogP contribution in [0.5, 0.6) is 0 Å². The van der Waals surface area contributed by atoms with Crippen LogP contribution in [0.1, 0.15) is 25.7 Å². The average Bonchev–Trinajstić information content (AvgIpc) is 2.57. The monoisotopic (exact) mass is 326 g/mol. The second-order valence-electron chi connectivity index (χ2n) is 7.51. The predicted molar refractivity (Wildman–Crippen MR) is 91.9 cm³/mol. The van der Waals surface area contributed by atoms with Crippen molar-refractivity contribution in [2.45, 2.75) is 36.9 Å². The first-order valence-corrected chi connectivity index (χ1v) is 9.31. The van der Waals surface area contributed by atoms with Gasteiger partial charge in [0.1, 0.15) is 0 Å². The summed E-state index contributed by atoms with van der Waals surface area (Å²) in [4.78, 5) is 2.37. The van der Waals surface area contributed by atoms with E-state index in [-0.39, 0.29) is 11.2 Å². The number of nitrogens with zero attached hydrogens (tertiary/aromatic N) is 1. The third-order valence-electron chi connectivity index (χ3n) is 5.52. The number of rotatable bonds is 0. The fourth-order valence-electron chi connectivity index (χ4n) is 4.14. The molecule has 0 aromatic rings. The van der Waals surface area contributed by atoms with Gasteiger partial charge in [-0.25, -0.2) is 0 Å². The molecule has 0 aromatic heterocycles. The Balaban J connectivity index is 0.000000136. The number of ether oxygens (including phenoxy) is 2. The minimum absolute atomic E-state index is 0.144. The van der Waals surface area contributed by atoms with Crippen LogP contribution in [0.15, 0.2) is 0 Å². The van der Waals surface area contributed by atoms with Crippen LogP contribution in [0.4, 0.5) is 0 Å². The van der Waals surface area contributed by atoms with Gasteiger partial charge in [0.25, 0.3) is 0 Å². The lowest BCUT2D eigenvalue weighted by Gasteiger charge is -2.44. The zero-order valence-corrected chi connectivity index (χ0v) is 14.7. The van der Waals surface area contributed by atoms with Crippen molar-refractivity contribution in [1.82, 2.24) is 20.9 Å². The molecule has 0 radical (unpaired) electrons. The highest BCUT2D eigenvalue weighted by Crippen LogP contribution is 2.25. The van der Waals surface area contributed by atoms with Gasteiger partial charge in [0.05, 0.1) is 24.4 Å². The van der Waals surface area contributed by atoms with Gasteiger partial charge in [0.15, 0.2) is 0 Å². The molecule has 4 rings (SSSR count). The van der Waals surface area contributed by atoms with E-state index in [1.807, 2.05) is 0 Å². The molecule has 23 heavy (non-hydrogen) atoms. The van der Waals surface area contributed by atoms with Crippen LogP contribution < -0.4 is 16.0 Å². The third-order valence-corrected chi connectivity index (χ3v) is 5.52. The van der Waals surface area contributed by atoms with Crippen molar-refractivity contribution >= 4 is 0 Å². The van der Waals surface area contributed by atoms with E-state index in [9.17, 15) is 0 Å². The van der Waals surface area contributed by atoms with E-state index in [0.29, 0.717) is 0 Å². The Morgan fingerprint density at radius 2 is 1.52 bits per heavy atom. The summed E-state index contributed by atoms with van der Waals surface area (Å²) in [6.45, 7) is 10.5. The number of likely N-dealkylation sites (N-methyl/N-ethyl adjacent to an activating group) is 1. The molecule has 134 valence electrons. The summed E-state index contributed by atoms with van der Waals surface area (Å²) in [5.41, 5.74) is 0.328. The van der Waals surface area contributed by atoms with Crippen molar-refractivity contribution in [3.8, 4) is 0 Å². The van der Waals surface area contributed by atoms with E-state index >= 15 is 0 Å². The lowest BCUT2D eigenvalue weighted by Crippen LogP contribution is -2.57. The van der Waals surface area contributed by atoms with Gasteiger partial charge in [-0.05, 0) is 52.4 Å². The van der Waals surface area contributed by atoms with Crippen LogP contribution in [-0.2, 0) is 9.47 Å². The molecule has 6 heteroatoms. The highest BCUT2D eigenvalue weighted by Gasteiger charge is 2.36. The highest BCUT2D eigenvalue weighted by molar-refractivity contribution is 4.92. The fourth-order valence-corrected chi connectivity index (χ4v) is 4.14. The Bertz CT molecular complexity index is 323. The maximum Gasteiger partial charge on any atom is 0.0933 e. The lowest BCUT2D eigenvalue weighted by molar-refractivity contribution is -0.113. The topological polar surface area (TPSA) is 57.8 Å². The number of hydrogen-bond acceptors (Lipinski definition) is 6. The zero-order valence-electron chi connectivity index (χ0n) is 14.7. The van der Waals surface area contributed by atoms with Gasteiger partial charge in [0, 0.05) is 32.7 Å². The molecule has 2 spiro atoms. The molecule has 0 amide bonds. The van der Waals surface area contributed by atoms with E-state index in [1.54, 1.807) is 0 Å². The summed E-state index contributed by atoms with van der Waals surface area (Å²) in [5.74, 6) is 0. The van der Waals surface area contributed by atoms with Crippen molar-refractivity contribution in [3.05, 3.63) is 0 Å². The largest absolute Gasteiger partial charge is 0.372 e. The number of nitrogens with one attached hydrogen (secondary N) is 3. The summed E-state index contributed by atoms with van der Waals surface area (Å²) in [5, 5.41) is 10.2. The summed E-state index contributed by atoms with van der Waals surface area (Å²) in [7, 11) is 2.18. The first-order valence-electron chi connectivity index (χ1n) is 9.31. The van der Waals surface area contributed by atoms with E-state index in [2.05, 4.69) is 27.9 Å². The third kappa shape index (κ3) is 4.87. The molecule has 1 unspecified atom stereocenters. The first kappa shape index (κ1) is 17.6. The van der Waals surface area contributed by atoms with Crippen molar-refractivity contribution in [1.29, 1.82) is 0 Å². The van der Waals surface area contributed by atoms with Gasteiger partial charge < -0.3 is 30.3 Å². The second-order valence-corrected chi connectivity index (χ2v) is 7.51. The molecule has 0 saturated carbocycles. The highest BCUT2D eigenvalue weighted by atomic mass is 16.5. The molecule has 4 heterocycles.